The van der Waals surface area contributed by atoms with Gasteiger partial charge in [-0.05, 0) is 25.3 Å². The van der Waals surface area contributed by atoms with E-state index in [9.17, 15) is 4.79 Å². The molecular weight excluding hydrogens is 242 g/mol. The lowest BCUT2D eigenvalue weighted by Gasteiger charge is -2.29. The normalized spacial score (nSPS) is 23.3. The van der Waals surface area contributed by atoms with Crippen LogP contribution in [0.5, 0.6) is 0 Å². The van der Waals surface area contributed by atoms with Crippen LogP contribution in [-0.4, -0.2) is 39.8 Å². The largest absolute Gasteiger partial charge is 0.356 e. The van der Waals surface area contributed by atoms with Gasteiger partial charge in [-0.3, -0.25) is 4.79 Å². The van der Waals surface area contributed by atoms with Gasteiger partial charge in [-0.15, -0.1) is 10.2 Å². The Labute approximate surface area is 114 Å². The second-order valence-corrected chi connectivity index (χ2v) is 5.34. The Hall–Kier alpha value is -1.43. The summed E-state index contributed by atoms with van der Waals surface area (Å²) in [5, 5.41) is 14.2. The Morgan fingerprint density at radius 3 is 3.16 bits per heavy atom. The van der Waals surface area contributed by atoms with Crippen LogP contribution in [0.15, 0.2) is 6.33 Å². The van der Waals surface area contributed by atoms with Crippen molar-refractivity contribution in [3.63, 3.8) is 0 Å². The summed E-state index contributed by atoms with van der Waals surface area (Å²) in [6, 6.07) is 0.323. The minimum atomic E-state index is 0.119. The van der Waals surface area contributed by atoms with E-state index in [-0.39, 0.29) is 5.91 Å². The minimum absolute atomic E-state index is 0.119. The van der Waals surface area contributed by atoms with Crippen molar-refractivity contribution >= 4 is 5.91 Å². The molecule has 0 spiro atoms. The first-order valence-electron chi connectivity index (χ1n) is 7.00. The molecule has 1 aromatic heterocycles. The summed E-state index contributed by atoms with van der Waals surface area (Å²) >= 11 is 0. The number of aromatic nitrogens is 3. The average molecular weight is 265 g/mol. The van der Waals surface area contributed by atoms with Crippen LogP contribution >= 0.6 is 0 Å². The summed E-state index contributed by atoms with van der Waals surface area (Å²) in [6.45, 7) is 3.86. The van der Waals surface area contributed by atoms with Crippen molar-refractivity contribution in [2.75, 3.05) is 13.1 Å². The highest BCUT2D eigenvalue weighted by atomic mass is 16.1. The lowest BCUT2D eigenvalue weighted by Crippen LogP contribution is -2.43. The summed E-state index contributed by atoms with van der Waals surface area (Å²) in [7, 11) is 1.91. The van der Waals surface area contributed by atoms with Gasteiger partial charge in [0.05, 0.1) is 0 Å². The van der Waals surface area contributed by atoms with Crippen LogP contribution in [-0.2, 0) is 18.3 Å². The predicted molar refractivity (Wildman–Crippen MR) is 72.5 cm³/mol. The van der Waals surface area contributed by atoms with E-state index in [2.05, 4.69) is 27.8 Å². The molecule has 1 amide bonds. The maximum absolute atomic E-state index is 11.9. The average Bonchev–Trinajstić information content (AvgIpc) is 2.78. The monoisotopic (exact) mass is 265 g/mol. The van der Waals surface area contributed by atoms with E-state index in [0.717, 1.165) is 18.8 Å². The summed E-state index contributed by atoms with van der Waals surface area (Å²) in [5.74, 6) is 1.59. The molecule has 0 aliphatic carbocycles. The Balaban J connectivity index is 1.68. The molecule has 2 heterocycles. The number of carbonyl (C=O) groups excluding carboxylic acids is 1. The molecule has 2 rings (SSSR count). The molecule has 1 aliphatic rings. The zero-order valence-electron chi connectivity index (χ0n) is 11.7. The van der Waals surface area contributed by atoms with Crippen LogP contribution in [0, 0.1) is 5.92 Å². The minimum Gasteiger partial charge on any atom is -0.356 e. The fourth-order valence-corrected chi connectivity index (χ4v) is 2.51. The predicted octanol–water partition coefficient (Wildman–Crippen LogP) is 0.252. The van der Waals surface area contributed by atoms with Gasteiger partial charge >= 0.3 is 0 Å². The molecule has 0 bridgehead atoms. The lowest BCUT2D eigenvalue weighted by atomic mass is 9.90. The Morgan fingerprint density at radius 1 is 1.63 bits per heavy atom. The SMILES string of the molecule is CC1CCCNC1CC(=O)NCCc1nncn1C. The maximum atomic E-state index is 11.9. The fraction of sp³-hybridized carbons (Fsp3) is 0.769. The van der Waals surface area contributed by atoms with Crippen LogP contribution in [0.2, 0.25) is 0 Å². The highest BCUT2D eigenvalue weighted by Crippen LogP contribution is 2.17. The van der Waals surface area contributed by atoms with Crippen LogP contribution in [0.25, 0.3) is 0 Å². The molecule has 2 atom stereocenters. The van der Waals surface area contributed by atoms with Crippen LogP contribution in [0.3, 0.4) is 0 Å². The molecule has 6 heteroatoms. The Morgan fingerprint density at radius 2 is 2.47 bits per heavy atom. The number of amides is 1. The van der Waals surface area contributed by atoms with Gasteiger partial charge in [0.1, 0.15) is 12.2 Å². The summed E-state index contributed by atoms with van der Waals surface area (Å²) in [4.78, 5) is 11.9. The molecule has 19 heavy (non-hydrogen) atoms. The smallest absolute Gasteiger partial charge is 0.221 e. The van der Waals surface area contributed by atoms with E-state index >= 15 is 0 Å². The molecule has 0 saturated carbocycles. The molecule has 106 valence electrons. The van der Waals surface area contributed by atoms with Crippen molar-refractivity contribution in [3.05, 3.63) is 12.2 Å². The van der Waals surface area contributed by atoms with E-state index in [1.807, 2.05) is 11.6 Å². The summed E-state index contributed by atoms with van der Waals surface area (Å²) in [5.41, 5.74) is 0. The Kier molecular flexibility index (Phi) is 4.90. The van der Waals surface area contributed by atoms with Crippen molar-refractivity contribution in [2.45, 2.75) is 38.6 Å². The first kappa shape index (κ1) is 14.0. The molecule has 0 radical (unpaired) electrons. The van der Waals surface area contributed by atoms with E-state index in [4.69, 9.17) is 0 Å². The van der Waals surface area contributed by atoms with E-state index < -0.39 is 0 Å². The number of piperidine rings is 1. The number of carbonyl (C=O) groups is 1. The number of nitrogens with one attached hydrogen (secondary N) is 2. The number of hydrogen-bond acceptors (Lipinski definition) is 4. The van der Waals surface area contributed by atoms with Crippen molar-refractivity contribution in [1.82, 2.24) is 25.4 Å². The van der Waals surface area contributed by atoms with E-state index in [1.165, 1.54) is 12.8 Å². The summed E-state index contributed by atoms with van der Waals surface area (Å²) in [6.07, 6.45) is 5.38. The molecule has 2 unspecified atom stereocenters. The van der Waals surface area contributed by atoms with Gasteiger partial charge in [0, 0.05) is 32.5 Å². The van der Waals surface area contributed by atoms with E-state index in [1.54, 1.807) is 6.33 Å². The molecule has 1 aliphatic heterocycles. The van der Waals surface area contributed by atoms with Crippen molar-refractivity contribution in [3.8, 4) is 0 Å². The number of nitrogens with zero attached hydrogens (tertiary/aromatic N) is 3. The third kappa shape index (κ3) is 4.02. The van der Waals surface area contributed by atoms with Gasteiger partial charge in [0.2, 0.25) is 5.91 Å². The maximum Gasteiger partial charge on any atom is 0.221 e. The molecule has 2 N–H and O–H groups in total. The van der Waals surface area contributed by atoms with Gasteiger partial charge in [-0.25, -0.2) is 0 Å². The first-order valence-corrected chi connectivity index (χ1v) is 7.00. The van der Waals surface area contributed by atoms with Crippen molar-refractivity contribution in [1.29, 1.82) is 0 Å². The summed E-state index contributed by atoms with van der Waals surface area (Å²) < 4.78 is 1.87. The van der Waals surface area contributed by atoms with Crippen LogP contribution in [0.1, 0.15) is 32.0 Å². The van der Waals surface area contributed by atoms with Crippen molar-refractivity contribution in [2.24, 2.45) is 13.0 Å². The Bertz CT molecular complexity index is 417. The van der Waals surface area contributed by atoms with Crippen LogP contribution in [0.4, 0.5) is 0 Å². The first-order chi connectivity index (χ1) is 9.16. The second kappa shape index (κ2) is 6.65. The van der Waals surface area contributed by atoms with E-state index in [0.29, 0.717) is 24.9 Å². The van der Waals surface area contributed by atoms with Gasteiger partial charge in [0.25, 0.3) is 0 Å². The second-order valence-electron chi connectivity index (χ2n) is 5.34. The van der Waals surface area contributed by atoms with Crippen molar-refractivity contribution < 1.29 is 4.79 Å². The van der Waals surface area contributed by atoms with Gasteiger partial charge in [-0.1, -0.05) is 6.92 Å². The molecule has 1 saturated heterocycles. The highest BCUT2D eigenvalue weighted by Gasteiger charge is 2.22. The fourth-order valence-electron chi connectivity index (χ4n) is 2.51. The number of hydrogen-bond donors (Lipinski definition) is 2. The van der Waals surface area contributed by atoms with Crippen LogP contribution < -0.4 is 10.6 Å². The third-order valence-corrected chi connectivity index (χ3v) is 3.81. The third-order valence-electron chi connectivity index (χ3n) is 3.81. The number of rotatable bonds is 5. The molecule has 1 aromatic rings. The van der Waals surface area contributed by atoms with Gasteiger partial charge in [-0.2, -0.15) is 0 Å². The molecule has 0 aromatic carbocycles. The quantitative estimate of drug-likeness (QED) is 0.800. The lowest BCUT2D eigenvalue weighted by molar-refractivity contribution is -0.121. The molecule has 1 fully saturated rings. The standard InChI is InChI=1S/C13H23N5O/c1-10-4-3-6-14-11(10)8-13(19)15-7-5-12-17-16-9-18(12)2/h9-11,14H,3-8H2,1-2H3,(H,15,19). The number of aryl methyl sites for hydroxylation is 1. The van der Waals surface area contributed by atoms with Gasteiger partial charge in [0.15, 0.2) is 0 Å². The highest BCUT2D eigenvalue weighted by molar-refractivity contribution is 5.76. The van der Waals surface area contributed by atoms with Gasteiger partial charge < -0.3 is 15.2 Å². The topological polar surface area (TPSA) is 71.8 Å². The zero-order chi connectivity index (χ0) is 13.7. The molecular formula is C13H23N5O. The molecule has 6 nitrogen and oxygen atoms in total. The zero-order valence-corrected chi connectivity index (χ0v) is 11.7.